The van der Waals surface area contributed by atoms with E-state index in [1.165, 1.54) is 16.3 Å². The molecule has 1 aliphatic rings. The minimum absolute atomic E-state index is 0. The molecule has 2 nitrogen and oxygen atoms in total. The van der Waals surface area contributed by atoms with Gasteiger partial charge in [-0.05, 0) is 41.3 Å². The van der Waals surface area contributed by atoms with Crippen molar-refractivity contribution in [2.45, 2.75) is 25.5 Å². The van der Waals surface area contributed by atoms with Gasteiger partial charge >= 0.3 is 0 Å². The molecular formula is C22H24ClNO. The molecule has 0 radical (unpaired) electrons. The van der Waals surface area contributed by atoms with Gasteiger partial charge in [-0.3, -0.25) is 4.90 Å². The van der Waals surface area contributed by atoms with E-state index in [2.05, 4.69) is 77.7 Å². The van der Waals surface area contributed by atoms with Gasteiger partial charge in [-0.1, -0.05) is 60.7 Å². The Bertz CT molecular complexity index is 797. The number of benzene rings is 3. The largest absolute Gasteiger partial charge is 0.490 e. The van der Waals surface area contributed by atoms with E-state index in [1.807, 2.05) is 0 Å². The number of halogens is 1. The molecule has 3 heteroatoms. The van der Waals surface area contributed by atoms with Crippen LogP contribution in [0.25, 0.3) is 10.8 Å². The van der Waals surface area contributed by atoms with Crippen molar-refractivity contribution >= 4 is 23.2 Å². The van der Waals surface area contributed by atoms with Crippen molar-refractivity contribution in [3.05, 3.63) is 78.4 Å². The first-order valence-electron chi connectivity index (χ1n) is 8.78. The van der Waals surface area contributed by atoms with Crippen LogP contribution >= 0.6 is 12.4 Å². The van der Waals surface area contributed by atoms with E-state index in [9.17, 15) is 0 Å². The van der Waals surface area contributed by atoms with Gasteiger partial charge in [0.1, 0.15) is 11.9 Å². The lowest BCUT2D eigenvalue weighted by atomic mass is 10.1. The summed E-state index contributed by atoms with van der Waals surface area (Å²) in [6, 6.07) is 25.6. The smallest absolute Gasteiger partial charge is 0.120 e. The number of hydrogen-bond acceptors (Lipinski definition) is 2. The molecule has 0 spiro atoms. The lowest BCUT2D eigenvalue weighted by molar-refractivity contribution is 0.0969. The number of fused-ring (bicyclic) bond motifs is 1. The molecule has 1 fully saturated rings. The highest BCUT2D eigenvalue weighted by Crippen LogP contribution is 2.24. The number of likely N-dealkylation sites (tertiary alicyclic amines) is 1. The molecule has 3 aromatic rings. The van der Waals surface area contributed by atoms with Crippen molar-refractivity contribution in [1.29, 1.82) is 0 Å². The molecule has 0 saturated carbocycles. The van der Waals surface area contributed by atoms with Gasteiger partial charge in [0.05, 0.1) is 0 Å². The van der Waals surface area contributed by atoms with Gasteiger partial charge in [0, 0.05) is 19.6 Å². The van der Waals surface area contributed by atoms with E-state index in [-0.39, 0.29) is 12.4 Å². The number of nitrogens with zero attached hydrogens (tertiary/aromatic N) is 1. The Morgan fingerprint density at radius 3 is 2.24 bits per heavy atom. The van der Waals surface area contributed by atoms with E-state index in [0.29, 0.717) is 6.10 Å². The van der Waals surface area contributed by atoms with Gasteiger partial charge in [-0.2, -0.15) is 0 Å². The van der Waals surface area contributed by atoms with Crippen LogP contribution in [-0.2, 0) is 6.54 Å². The summed E-state index contributed by atoms with van der Waals surface area (Å²) in [4.78, 5) is 2.52. The number of piperidine rings is 1. The molecule has 0 N–H and O–H groups in total. The lowest BCUT2D eigenvalue weighted by Crippen LogP contribution is -2.37. The molecular weight excluding hydrogens is 330 g/mol. The molecule has 0 bridgehead atoms. The molecule has 25 heavy (non-hydrogen) atoms. The van der Waals surface area contributed by atoms with E-state index in [0.717, 1.165) is 38.2 Å². The SMILES string of the molecule is Cl.c1ccc(CN2CCC(Oc3ccc4ccccc4c3)CC2)cc1. The summed E-state index contributed by atoms with van der Waals surface area (Å²) in [6.07, 6.45) is 2.53. The van der Waals surface area contributed by atoms with Crippen molar-refractivity contribution in [1.82, 2.24) is 4.90 Å². The van der Waals surface area contributed by atoms with Crippen molar-refractivity contribution in [2.24, 2.45) is 0 Å². The van der Waals surface area contributed by atoms with Crippen LogP contribution in [0.2, 0.25) is 0 Å². The summed E-state index contributed by atoms with van der Waals surface area (Å²) in [7, 11) is 0. The molecule has 130 valence electrons. The van der Waals surface area contributed by atoms with Crippen LogP contribution in [0.1, 0.15) is 18.4 Å². The highest BCUT2D eigenvalue weighted by atomic mass is 35.5. The maximum atomic E-state index is 6.24. The Morgan fingerprint density at radius 2 is 1.48 bits per heavy atom. The van der Waals surface area contributed by atoms with Gasteiger partial charge in [-0.15, -0.1) is 12.4 Å². The predicted molar refractivity (Wildman–Crippen MR) is 107 cm³/mol. The third-order valence-corrected chi connectivity index (χ3v) is 4.81. The van der Waals surface area contributed by atoms with Crippen LogP contribution in [-0.4, -0.2) is 24.1 Å². The van der Waals surface area contributed by atoms with Crippen molar-refractivity contribution in [3.8, 4) is 5.75 Å². The minimum atomic E-state index is 0. The predicted octanol–water partition coefficient (Wildman–Crippen LogP) is 5.31. The van der Waals surface area contributed by atoms with Crippen LogP contribution in [0, 0.1) is 0 Å². The molecule has 3 aromatic carbocycles. The van der Waals surface area contributed by atoms with E-state index >= 15 is 0 Å². The van der Waals surface area contributed by atoms with Crippen LogP contribution < -0.4 is 4.74 Å². The first-order chi connectivity index (χ1) is 11.9. The fraction of sp³-hybridized carbons (Fsp3) is 0.273. The Morgan fingerprint density at radius 1 is 0.800 bits per heavy atom. The fourth-order valence-corrected chi connectivity index (χ4v) is 3.46. The zero-order chi connectivity index (χ0) is 16.2. The van der Waals surface area contributed by atoms with Crippen molar-refractivity contribution < 1.29 is 4.74 Å². The maximum absolute atomic E-state index is 6.24. The summed E-state index contributed by atoms with van der Waals surface area (Å²) in [5.74, 6) is 0.996. The molecule has 0 unspecified atom stereocenters. The van der Waals surface area contributed by atoms with Crippen LogP contribution in [0.4, 0.5) is 0 Å². The summed E-state index contributed by atoms with van der Waals surface area (Å²) in [6.45, 7) is 3.25. The van der Waals surface area contributed by atoms with Gasteiger partial charge in [0.2, 0.25) is 0 Å². The normalized spacial score (nSPS) is 15.7. The van der Waals surface area contributed by atoms with Gasteiger partial charge < -0.3 is 4.74 Å². The first kappa shape index (κ1) is 17.8. The fourth-order valence-electron chi connectivity index (χ4n) is 3.46. The topological polar surface area (TPSA) is 12.5 Å². The van der Waals surface area contributed by atoms with Crippen molar-refractivity contribution in [2.75, 3.05) is 13.1 Å². The van der Waals surface area contributed by atoms with Gasteiger partial charge in [0.25, 0.3) is 0 Å². The second-order valence-corrected chi connectivity index (χ2v) is 6.59. The average Bonchev–Trinajstić information content (AvgIpc) is 2.64. The Hall–Kier alpha value is -2.03. The highest BCUT2D eigenvalue weighted by Gasteiger charge is 2.20. The molecule has 0 aromatic heterocycles. The Kier molecular flexibility index (Phi) is 5.95. The zero-order valence-electron chi connectivity index (χ0n) is 14.3. The summed E-state index contributed by atoms with van der Waals surface area (Å²) in [5.41, 5.74) is 1.39. The zero-order valence-corrected chi connectivity index (χ0v) is 15.1. The van der Waals surface area contributed by atoms with Crippen LogP contribution in [0.15, 0.2) is 72.8 Å². The number of hydrogen-bond donors (Lipinski definition) is 0. The van der Waals surface area contributed by atoms with Crippen molar-refractivity contribution in [3.63, 3.8) is 0 Å². The highest BCUT2D eigenvalue weighted by molar-refractivity contribution is 5.85. The average molecular weight is 354 g/mol. The maximum Gasteiger partial charge on any atom is 0.120 e. The third kappa shape index (κ3) is 4.53. The van der Waals surface area contributed by atoms with Crippen LogP contribution in [0.5, 0.6) is 5.75 Å². The van der Waals surface area contributed by atoms with Gasteiger partial charge in [0.15, 0.2) is 0 Å². The van der Waals surface area contributed by atoms with E-state index in [1.54, 1.807) is 0 Å². The number of ether oxygens (including phenoxy) is 1. The second-order valence-electron chi connectivity index (χ2n) is 6.59. The monoisotopic (exact) mass is 353 g/mol. The third-order valence-electron chi connectivity index (χ3n) is 4.81. The van der Waals surface area contributed by atoms with Crippen LogP contribution in [0.3, 0.4) is 0 Å². The summed E-state index contributed by atoms with van der Waals surface area (Å²) < 4.78 is 6.24. The summed E-state index contributed by atoms with van der Waals surface area (Å²) >= 11 is 0. The van der Waals surface area contributed by atoms with Gasteiger partial charge in [-0.25, -0.2) is 0 Å². The standard InChI is InChI=1S/C22H23NO.ClH/c1-2-6-18(7-3-1)17-23-14-12-21(13-15-23)24-22-11-10-19-8-4-5-9-20(19)16-22;/h1-11,16,21H,12-15,17H2;1H. The molecule has 1 aliphatic heterocycles. The van der Waals surface area contributed by atoms with E-state index in [4.69, 9.17) is 4.74 Å². The Balaban J connectivity index is 0.00000182. The quantitative estimate of drug-likeness (QED) is 0.630. The molecule has 1 heterocycles. The molecule has 1 saturated heterocycles. The van der Waals surface area contributed by atoms with E-state index < -0.39 is 0 Å². The first-order valence-corrected chi connectivity index (χ1v) is 8.78. The summed E-state index contributed by atoms with van der Waals surface area (Å²) in [5, 5.41) is 2.51. The molecule has 0 amide bonds. The number of rotatable bonds is 4. The lowest BCUT2D eigenvalue weighted by Gasteiger charge is -2.32. The molecule has 0 atom stereocenters. The second kappa shape index (κ2) is 8.37. The minimum Gasteiger partial charge on any atom is -0.490 e. The molecule has 4 rings (SSSR count). The Labute approximate surface area is 155 Å². The molecule has 0 aliphatic carbocycles.